The summed E-state index contributed by atoms with van der Waals surface area (Å²) in [6.07, 6.45) is 2.34. The fraction of sp³-hybridized carbons (Fsp3) is 0.300. The lowest BCUT2D eigenvalue weighted by molar-refractivity contribution is 0.0952. The molecular formula is C20H23ClN2O4. The number of carbonyl (C=O) groups is 1. The summed E-state index contributed by atoms with van der Waals surface area (Å²) in [5, 5.41) is 4.39. The van der Waals surface area contributed by atoms with Crippen LogP contribution in [0.4, 0.5) is 0 Å². The van der Waals surface area contributed by atoms with Crippen LogP contribution in [0.3, 0.4) is 0 Å². The lowest BCUT2D eigenvalue weighted by Crippen LogP contribution is -2.18. The van der Waals surface area contributed by atoms with Crippen molar-refractivity contribution in [1.82, 2.24) is 5.43 Å². The number of hydrogen-bond donors (Lipinski definition) is 1. The summed E-state index contributed by atoms with van der Waals surface area (Å²) >= 11 is 6.32. The van der Waals surface area contributed by atoms with Gasteiger partial charge < -0.3 is 14.2 Å². The highest BCUT2D eigenvalue weighted by atomic mass is 35.5. The highest BCUT2D eigenvalue weighted by Gasteiger charge is 2.14. The standard InChI is InChI=1S/C20H23ClN2O4/c1-5-13(2)27-19-16(21)10-14(11-18(19)26-4)12-22-23-20(24)15-8-6-7-9-17(15)25-3/h6-13H,5H2,1-4H3,(H,23,24). The number of hydrogen-bond acceptors (Lipinski definition) is 5. The molecule has 0 saturated heterocycles. The van der Waals surface area contributed by atoms with Gasteiger partial charge in [-0.05, 0) is 43.2 Å². The van der Waals surface area contributed by atoms with Gasteiger partial charge in [0, 0.05) is 0 Å². The zero-order valence-electron chi connectivity index (χ0n) is 15.8. The quantitative estimate of drug-likeness (QED) is 0.539. The number of halogens is 1. The van der Waals surface area contributed by atoms with E-state index in [2.05, 4.69) is 10.5 Å². The minimum absolute atomic E-state index is 0.0102. The van der Waals surface area contributed by atoms with Crippen molar-refractivity contribution < 1.29 is 19.0 Å². The van der Waals surface area contributed by atoms with E-state index in [1.807, 2.05) is 13.8 Å². The summed E-state index contributed by atoms with van der Waals surface area (Å²) in [6, 6.07) is 10.3. The second-order valence-electron chi connectivity index (χ2n) is 5.77. The van der Waals surface area contributed by atoms with Crippen LogP contribution in [0, 0.1) is 0 Å². The van der Waals surface area contributed by atoms with Crippen molar-refractivity contribution in [3.05, 3.63) is 52.5 Å². The molecule has 0 radical (unpaired) electrons. The number of nitrogens with zero attached hydrogens (tertiary/aromatic N) is 1. The van der Waals surface area contributed by atoms with E-state index in [1.54, 1.807) is 43.5 Å². The molecule has 7 heteroatoms. The molecule has 1 N–H and O–H groups in total. The monoisotopic (exact) mass is 390 g/mol. The molecule has 0 heterocycles. The zero-order chi connectivity index (χ0) is 19.8. The van der Waals surface area contributed by atoms with Gasteiger partial charge in [-0.3, -0.25) is 4.79 Å². The van der Waals surface area contributed by atoms with E-state index >= 15 is 0 Å². The second-order valence-corrected chi connectivity index (χ2v) is 6.18. The highest BCUT2D eigenvalue weighted by Crippen LogP contribution is 2.37. The average molecular weight is 391 g/mol. The molecule has 0 saturated carbocycles. The Kier molecular flexibility index (Phi) is 7.49. The first-order valence-electron chi connectivity index (χ1n) is 8.50. The van der Waals surface area contributed by atoms with Crippen molar-refractivity contribution in [2.75, 3.05) is 14.2 Å². The van der Waals surface area contributed by atoms with Crippen LogP contribution in [-0.4, -0.2) is 32.4 Å². The van der Waals surface area contributed by atoms with Crippen molar-refractivity contribution >= 4 is 23.7 Å². The van der Waals surface area contributed by atoms with E-state index < -0.39 is 0 Å². The number of amides is 1. The van der Waals surface area contributed by atoms with Gasteiger partial charge in [0.15, 0.2) is 11.5 Å². The summed E-state index contributed by atoms with van der Waals surface area (Å²) in [5.74, 6) is 1.09. The summed E-state index contributed by atoms with van der Waals surface area (Å²) in [7, 11) is 3.05. The van der Waals surface area contributed by atoms with Crippen LogP contribution in [0.25, 0.3) is 0 Å². The van der Waals surface area contributed by atoms with Crippen molar-refractivity contribution in [2.45, 2.75) is 26.4 Å². The van der Waals surface area contributed by atoms with Crippen LogP contribution in [-0.2, 0) is 0 Å². The Labute approximate surface area is 164 Å². The van der Waals surface area contributed by atoms with Gasteiger partial charge in [-0.2, -0.15) is 5.10 Å². The normalized spacial score (nSPS) is 11.9. The minimum atomic E-state index is -0.376. The molecule has 0 bridgehead atoms. The topological polar surface area (TPSA) is 69.2 Å². The second kappa shape index (κ2) is 9.83. The fourth-order valence-corrected chi connectivity index (χ4v) is 2.53. The minimum Gasteiger partial charge on any atom is -0.496 e. The van der Waals surface area contributed by atoms with Gasteiger partial charge in [0.25, 0.3) is 5.91 Å². The molecule has 0 spiro atoms. The first-order valence-corrected chi connectivity index (χ1v) is 8.88. The summed E-state index contributed by atoms with van der Waals surface area (Å²) < 4.78 is 16.3. The number of rotatable bonds is 8. The number of para-hydroxylation sites is 1. The Morgan fingerprint density at radius 1 is 1.22 bits per heavy atom. The molecular weight excluding hydrogens is 368 g/mol. The summed E-state index contributed by atoms with van der Waals surface area (Å²) in [5.41, 5.74) is 3.52. The molecule has 2 aromatic rings. The van der Waals surface area contributed by atoms with Gasteiger partial charge in [-0.1, -0.05) is 30.7 Å². The van der Waals surface area contributed by atoms with Crippen LogP contribution in [0.15, 0.2) is 41.5 Å². The van der Waals surface area contributed by atoms with Crippen LogP contribution in [0.5, 0.6) is 17.2 Å². The maximum atomic E-state index is 12.2. The molecule has 6 nitrogen and oxygen atoms in total. The van der Waals surface area contributed by atoms with Crippen LogP contribution in [0.1, 0.15) is 36.2 Å². The first-order chi connectivity index (χ1) is 13.0. The Morgan fingerprint density at radius 3 is 2.59 bits per heavy atom. The molecule has 2 rings (SSSR count). The molecule has 0 aliphatic heterocycles. The Hall–Kier alpha value is -2.73. The number of nitrogens with one attached hydrogen (secondary N) is 1. The number of benzene rings is 2. The van der Waals surface area contributed by atoms with Crippen molar-refractivity contribution in [3.8, 4) is 17.2 Å². The van der Waals surface area contributed by atoms with Crippen LogP contribution < -0.4 is 19.6 Å². The Morgan fingerprint density at radius 2 is 1.93 bits per heavy atom. The first kappa shape index (κ1) is 20.6. The van der Waals surface area contributed by atoms with E-state index in [0.29, 0.717) is 33.4 Å². The lowest BCUT2D eigenvalue weighted by atomic mass is 10.2. The third-order valence-corrected chi connectivity index (χ3v) is 4.16. The summed E-state index contributed by atoms with van der Waals surface area (Å²) in [6.45, 7) is 3.98. The van der Waals surface area contributed by atoms with Crippen LogP contribution in [0.2, 0.25) is 5.02 Å². The predicted molar refractivity (Wildman–Crippen MR) is 106 cm³/mol. The van der Waals surface area contributed by atoms with Gasteiger partial charge in [0.2, 0.25) is 0 Å². The molecule has 0 aliphatic rings. The van der Waals surface area contributed by atoms with E-state index in [9.17, 15) is 4.79 Å². The smallest absolute Gasteiger partial charge is 0.275 e. The lowest BCUT2D eigenvalue weighted by Gasteiger charge is -2.17. The zero-order valence-corrected chi connectivity index (χ0v) is 16.5. The van der Waals surface area contributed by atoms with E-state index in [4.69, 9.17) is 25.8 Å². The predicted octanol–water partition coefficient (Wildman–Crippen LogP) is 4.30. The number of methoxy groups -OCH3 is 2. The van der Waals surface area contributed by atoms with Gasteiger partial charge in [0.05, 0.1) is 37.1 Å². The maximum Gasteiger partial charge on any atom is 0.275 e. The van der Waals surface area contributed by atoms with Crippen molar-refractivity contribution in [3.63, 3.8) is 0 Å². The molecule has 1 unspecified atom stereocenters. The van der Waals surface area contributed by atoms with Gasteiger partial charge in [0.1, 0.15) is 5.75 Å². The SMILES string of the molecule is CCC(C)Oc1c(Cl)cc(C=NNC(=O)c2ccccc2OC)cc1OC. The molecule has 0 aromatic heterocycles. The number of carbonyl (C=O) groups excluding carboxylic acids is 1. The van der Waals surface area contributed by atoms with E-state index in [0.717, 1.165) is 6.42 Å². The largest absolute Gasteiger partial charge is 0.496 e. The number of ether oxygens (including phenoxy) is 3. The molecule has 0 aliphatic carbocycles. The molecule has 144 valence electrons. The van der Waals surface area contributed by atoms with Crippen molar-refractivity contribution in [1.29, 1.82) is 0 Å². The molecule has 1 amide bonds. The summed E-state index contributed by atoms with van der Waals surface area (Å²) in [4.78, 5) is 12.2. The average Bonchev–Trinajstić information content (AvgIpc) is 2.69. The van der Waals surface area contributed by atoms with E-state index in [-0.39, 0.29) is 12.0 Å². The van der Waals surface area contributed by atoms with Gasteiger partial charge >= 0.3 is 0 Å². The van der Waals surface area contributed by atoms with Crippen molar-refractivity contribution in [2.24, 2.45) is 5.10 Å². The fourth-order valence-electron chi connectivity index (χ4n) is 2.27. The number of hydrazone groups is 1. The maximum absolute atomic E-state index is 12.2. The third-order valence-electron chi connectivity index (χ3n) is 3.88. The van der Waals surface area contributed by atoms with Gasteiger partial charge in [-0.15, -0.1) is 0 Å². The molecule has 0 fully saturated rings. The van der Waals surface area contributed by atoms with E-state index in [1.165, 1.54) is 13.3 Å². The Bertz CT molecular complexity index is 824. The molecule has 27 heavy (non-hydrogen) atoms. The third kappa shape index (κ3) is 5.37. The highest BCUT2D eigenvalue weighted by molar-refractivity contribution is 6.32. The molecule has 2 aromatic carbocycles. The molecule has 1 atom stereocenters. The van der Waals surface area contributed by atoms with Crippen LogP contribution >= 0.6 is 11.6 Å². The van der Waals surface area contributed by atoms with Gasteiger partial charge in [-0.25, -0.2) is 5.43 Å². The Balaban J connectivity index is 2.15.